The molecular weight excluding hydrogens is 187 g/mol. The third-order valence-corrected chi connectivity index (χ3v) is 1.68. The normalized spacial score (nSPS) is 10.1. The summed E-state index contributed by atoms with van der Waals surface area (Å²) in [5, 5.41) is 4.22. The van der Waals surface area contributed by atoms with E-state index in [-0.39, 0.29) is 5.95 Å². The molecule has 1 rings (SSSR count). The van der Waals surface area contributed by atoms with E-state index in [1.165, 1.54) is 10.9 Å². The Labute approximate surface area is 60.8 Å². The third kappa shape index (κ3) is 1.13. The molecule has 0 saturated heterocycles. The fraction of sp³-hybridized carbons (Fsp3) is 0.400. The first-order valence-corrected chi connectivity index (χ1v) is 3.60. The third-order valence-electron chi connectivity index (χ3n) is 1.08. The van der Waals surface area contributed by atoms with Gasteiger partial charge in [-0.3, -0.25) is 0 Å². The molecule has 9 heavy (non-hydrogen) atoms. The second-order valence-corrected chi connectivity index (χ2v) is 2.28. The molecule has 50 valence electrons. The Morgan fingerprint density at radius 1 is 1.89 bits per heavy atom. The van der Waals surface area contributed by atoms with Crippen molar-refractivity contribution in [2.45, 2.75) is 5.33 Å². The van der Waals surface area contributed by atoms with Gasteiger partial charge in [0, 0.05) is 17.9 Å². The van der Waals surface area contributed by atoms with Crippen molar-refractivity contribution in [3.05, 3.63) is 17.7 Å². The largest absolute Gasteiger partial charge is 0.242 e. The lowest BCUT2D eigenvalue weighted by atomic mass is 10.4. The van der Waals surface area contributed by atoms with E-state index in [2.05, 4.69) is 21.0 Å². The number of hydrogen-bond donors (Lipinski definition) is 0. The van der Waals surface area contributed by atoms with E-state index in [0.717, 1.165) is 0 Å². The summed E-state index contributed by atoms with van der Waals surface area (Å²) in [5.41, 5.74) is 0.595. The lowest BCUT2D eigenvalue weighted by molar-refractivity contribution is 0.498. The van der Waals surface area contributed by atoms with E-state index in [4.69, 9.17) is 0 Å². The Hall–Kier alpha value is -0.380. The molecule has 0 fully saturated rings. The maximum absolute atomic E-state index is 12.6. The van der Waals surface area contributed by atoms with Crippen LogP contribution in [0.1, 0.15) is 5.56 Å². The summed E-state index contributed by atoms with van der Waals surface area (Å²) in [7, 11) is 1.57. The molecule has 0 radical (unpaired) electrons. The van der Waals surface area contributed by atoms with Gasteiger partial charge in [0.1, 0.15) is 0 Å². The molecule has 1 aromatic rings. The van der Waals surface area contributed by atoms with Crippen LogP contribution in [0.5, 0.6) is 0 Å². The molecule has 0 saturated carbocycles. The molecule has 0 unspecified atom stereocenters. The summed E-state index contributed by atoms with van der Waals surface area (Å²) >= 11 is 3.13. The molecule has 0 spiro atoms. The van der Waals surface area contributed by atoms with Gasteiger partial charge in [-0.25, -0.2) is 4.68 Å². The van der Waals surface area contributed by atoms with Gasteiger partial charge in [-0.15, -0.1) is 0 Å². The van der Waals surface area contributed by atoms with Gasteiger partial charge in [0.25, 0.3) is 0 Å². The van der Waals surface area contributed by atoms with Crippen LogP contribution in [0.3, 0.4) is 0 Å². The topological polar surface area (TPSA) is 17.8 Å². The van der Waals surface area contributed by atoms with Gasteiger partial charge in [0.2, 0.25) is 5.95 Å². The quantitative estimate of drug-likeness (QED) is 0.617. The SMILES string of the molecule is Cn1ncc(CBr)c1F. The van der Waals surface area contributed by atoms with Crippen LogP contribution in [0.15, 0.2) is 6.20 Å². The fourth-order valence-electron chi connectivity index (χ4n) is 0.558. The highest BCUT2D eigenvalue weighted by atomic mass is 79.9. The molecule has 1 heterocycles. The second kappa shape index (κ2) is 2.47. The van der Waals surface area contributed by atoms with Gasteiger partial charge >= 0.3 is 0 Å². The van der Waals surface area contributed by atoms with Crippen LogP contribution in [-0.4, -0.2) is 9.78 Å². The van der Waals surface area contributed by atoms with Crippen LogP contribution in [-0.2, 0) is 12.4 Å². The fourth-order valence-corrected chi connectivity index (χ4v) is 0.934. The van der Waals surface area contributed by atoms with Crippen molar-refractivity contribution in [2.75, 3.05) is 0 Å². The summed E-state index contributed by atoms with van der Waals surface area (Å²) in [6, 6.07) is 0. The summed E-state index contributed by atoms with van der Waals surface area (Å²) in [6.45, 7) is 0. The maximum Gasteiger partial charge on any atom is 0.215 e. The van der Waals surface area contributed by atoms with Crippen LogP contribution in [0.25, 0.3) is 0 Å². The lowest BCUT2D eigenvalue weighted by Gasteiger charge is -1.88. The minimum Gasteiger partial charge on any atom is -0.242 e. The lowest BCUT2D eigenvalue weighted by Crippen LogP contribution is -1.94. The maximum atomic E-state index is 12.6. The highest BCUT2D eigenvalue weighted by Crippen LogP contribution is 2.07. The first-order chi connectivity index (χ1) is 4.25. The zero-order valence-corrected chi connectivity index (χ0v) is 6.52. The molecule has 0 N–H and O–H groups in total. The van der Waals surface area contributed by atoms with Gasteiger partial charge in [0.15, 0.2) is 0 Å². The smallest absolute Gasteiger partial charge is 0.215 e. The van der Waals surface area contributed by atoms with Gasteiger partial charge in [0.05, 0.1) is 6.20 Å². The van der Waals surface area contributed by atoms with E-state index in [1.807, 2.05) is 0 Å². The van der Waals surface area contributed by atoms with Gasteiger partial charge in [-0.2, -0.15) is 9.49 Å². The van der Waals surface area contributed by atoms with Crippen LogP contribution < -0.4 is 0 Å². The van der Waals surface area contributed by atoms with E-state index < -0.39 is 0 Å². The molecule has 0 amide bonds. The van der Waals surface area contributed by atoms with E-state index >= 15 is 0 Å². The van der Waals surface area contributed by atoms with E-state index in [9.17, 15) is 4.39 Å². The minimum atomic E-state index is -0.271. The van der Waals surface area contributed by atoms with Crippen molar-refractivity contribution in [2.24, 2.45) is 7.05 Å². The highest BCUT2D eigenvalue weighted by molar-refractivity contribution is 9.08. The second-order valence-electron chi connectivity index (χ2n) is 1.72. The first-order valence-electron chi connectivity index (χ1n) is 2.48. The van der Waals surface area contributed by atoms with Crippen LogP contribution in [0, 0.1) is 5.95 Å². The average molecular weight is 193 g/mol. The molecule has 0 bridgehead atoms. The number of nitrogens with zero attached hydrogens (tertiary/aromatic N) is 2. The molecule has 0 aliphatic heterocycles. The van der Waals surface area contributed by atoms with Gasteiger partial charge in [-0.05, 0) is 0 Å². The molecule has 0 aromatic carbocycles. The molecule has 0 aliphatic rings. The zero-order valence-electron chi connectivity index (χ0n) is 4.93. The molecule has 0 atom stereocenters. The van der Waals surface area contributed by atoms with Crippen molar-refractivity contribution in [1.82, 2.24) is 9.78 Å². The van der Waals surface area contributed by atoms with Crippen molar-refractivity contribution in [3.63, 3.8) is 0 Å². The predicted molar refractivity (Wildman–Crippen MR) is 35.8 cm³/mol. The summed E-state index contributed by atoms with van der Waals surface area (Å²) in [5.74, 6) is -0.271. The van der Waals surface area contributed by atoms with E-state index in [0.29, 0.717) is 10.9 Å². The average Bonchev–Trinajstić information content (AvgIpc) is 2.15. The monoisotopic (exact) mass is 192 g/mol. The summed E-state index contributed by atoms with van der Waals surface area (Å²) in [4.78, 5) is 0. The van der Waals surface area contributed by atoms with Crippen molar-refractivity contribution in [3.8, 4) is 0 Å². The Morgan fingerprint density at radius 3 is 2.78 bits per heavy atom. The van der Waals surface area contributed by atoms with Crippen molar-refractivity contribution >= 4 is 15.9 Å². The number of hydrogen-bond acceptors (Lipinski definition) is 1. The Bertz CT molecular complexity index is 209. The Morgan fingerprint density at radius 2 is 2.56 bits per heavy atom. The van der Waals surface area contributed by atoms with E-state index in [1.54, 1.807) is 7.05 Å². The van der Waals surface area contributed by atoms with Crippen molar-refractivity contribution < 1.29 is 4.39 Å². The number of aromatic nitrogens is 2. The standard InChI is InChI=1S/C5H6BrFN2/c1-9-5(7)4(2-6)3-8-9/h3H,2H2,1H3. The van der Waals surface area contributed by atoms with Crippen molar-refractivity contribution in [1.29, 1.82) is 0 Å². The number of aryl methyl sites for hydroxylation is 1. The number of halogens is 2. The number of rotatable bonds is 1. The first kappa shape index (κ1) is 6.74. The summed E-state index contributed by atoms with van der Waals surface area (Å²) in [6.07, 6.45) is 1.50. The van der Waals surface area contributed by atoms with Gasteiger partial charge < -0.3 is 0 Å². The van der Waals surface area contributed by atoms with Crippen LogP contribution in [0.4, 0.5) is 4.39 Å². The zero-order chi connectivity index (χ0) is 6.85. The highest BCUT2D eigenvalue weighted by Gasteiger charge is 2.03. The molecule has 0 aliphatic carbocycles. The predicted octanol–water partition coefficient (Wildman–Crippen LogP) is 1.45. The molecule has 1 aromatic heterocycles. The Balaban J connectivity index is 3.04. The van der Waals surface area contributed by atoms with Crippen LogP contribution in [0.2, 0.25) is 0 Å². The Kier molecular flexibility index (Phi) is 1.85. The molecule has 4 heteroatoms. The van der Waals surface area contributed by atoms with Crippen LogP contribution >= 0.6 is 15.9 Å². The number of alkyl halides is 1. The van der Waals surface area contributed by atoms with Gasteiger partial charge in [-0.1, -0.05) is 15.9 Å². The molecule has 2 nitrogen and oxygen atoms in total. The molecular formula is C5H6BrFN2. The minimum absolute atomic E-state index is 0.271. The summed E-state index contributed by atoms with van der Waals surface area (Å²) < 4.78 is 13.8.